The average molecular weight is 232 g/mol. The Balaban J connectivity index is 1.75. The summed E-state index contributed by atoms with van der Waals surface area (Å²) in [5, 5.41) is 3.33. The molecule has 2 aliphatic rings. The predicted molar refractivity (Wildman–Crippen MR) is 68.4 cm³/mol. The SMILES string of the molecule is CN1CCc2ccc(OC3CCNC3)cc2C1. The first-order valence-corrected chi connectivity index (χ1v) is 6.49. The van der Waals surface area contributed by atoms with E-state index < -0.39 is 0 Å². The Bertz CT molecular complexity index is 399. The van der Waals surface area contributed by atoms with E-state index in [9.17, 15) is 0 Å². The van der Waals surface area contributed by atoms with Gasteiger partial charge in [-0.05, 0) is 49.7 Å². The minimum Gasteiger partial charge on any atom is -0.489 e. The number of ether oxygens (including phenoxy) is 1. The number of rotatable bonds is 2. The molecule has 1 N–H and O–H groups in total. The second-order valence-corrected chi connectivity index (χ2v) is 5.15. The molecule has 2 heterocycles. The summed E-state index contributed by atoms with van der Waals surface area (Å²) in [4.78, 5) is 2.36. The normalized spacial score (nSPS) is 24.6. The minimum atomic E-state index is 0.356. The highest BCUT2D eigenvalue weighted by molar-refractivity contribution is 5.37. The van der Waals surface area contributed by atoms with Crippen molar-refractivity contribution in [3.63, 3.8) is 0 Å². The van der Waals surface area contributed by atoms with Crippen molar-refractivity contribution in [3.8, 4) is 5.75 Å². The lowest BCUT2D eigenvalue weighted by Crippen LogP contribution is -2.26. The summed E-state index contributed by atoms with van der Waals surface area (Å²) in [7, 11) is 2.18. The molecule has 0 radical (unpaired) electrons. The molecule has 3 rings (SSSR count). The van der Waals surface area contributed by atoms with E-state index in [1.54, 1.807) is 0 Å². The second kappa shape index (κ2) is 4.67. The summed E-state index contributed by atoms with van der Waals surface area (Å²) in [5.41, 5.74) is 2.92. The Labute approximate surface area is 103 Å². The van der Waals surface area contributed by atoms with Crippen LogP contribution >= 0.6 is 0 Å². The molecule has 0 amide bonds. The zero-order valence-corrected chi connectivity index (χ0v) is 10.4. The van der Waals surface area contributed by atoms with E-state index in [1.165, 1.54) is 17.7 Å². The Morgan fingerprint density at radius 2 is 2.29 bits per heavy atom. The van der Waals surface area contributed by atoms with Gasteiger partial charge in [0.2, 0.25) is 0 Å². The van der Waals surface area contributed by atoms with Gasteiger partial charge in [0.1, 0.15) is 11.9 Å². The van der Waals surface area contributed by atoms with Crippen LogP contribution in [-0.4, -0.2) is 37.7 Å². The molecule has 1 atom stereocenters. The van der Waals surface area contributed by atoms with E-state index in [2.05, 4.69) is 35.5 Å². The lowest BCUT2D eigenvalue weighted by atomic mass is 10.00. The first kappa shape index (κ1) is 11.1. The fourth-order valence-corrected chi connectivity index (χ4v) is 2.67. The van der Waals surface area contributed by atoms with Crippen molar-refractivity contribution in [2.75, 3.05) is 26.7 Å². The summed E-state index contributed by atoms with van der Waals surface area (Å²) in [6.45, 7) is 4.28. The van der Waals surface area contributed by atoms with Crippen LogP contribution in [0.4, 0.5) is 0 Å². The molecule has 0 aliphatic carbocycles. The van der Waals surface area contributed by atoms with Gasteiger partial charge in [-0.2, -0.15) is 0 Å². The molecule has 17 heavy (non-hydrogen) atoms. The van der Waals surface area contributed by atoms with Crippen molar-refractivity contribution < 1.29 is 4.74 Å². The number of hydrogen-bond donors (Lipinski definition) is 1. The fourth-order valence-electron chi connectivity index (χ4n) is 2.67. The van der Waals surface area contributed by atoms with Gasteiger partial charge in [-0.1, -0.05) is 6.07 Å². The van der Waals surface area contributed by atoms with Crippen molar-refractivity contribution >= 4 is 0 Å². The first-order valence-electron chi connectivity index (χ1n) is 6.49. The van der Waals surface area contributed by atoms with Crippen LogP contribution in [0.1, 0.15) is 17.5 Å². The molecule has 0 aromatic heterocycles. The maximum Gasteiger partial charge on any atom is 0.120 e. The monoisotopic (exact) mass is 232 g/mol. The third-order valence-corrected chi connectivity index (χ3v) is 3.70. The summed E-state index contributed by atoms with van der Waals surface area (Å²) in [5.74, 6) is 1.03. The van der Waals surface area contributed by atoms with Gasteiger partial charge in [0.25, 0.3) is 0 Å². The molecular weight excluding hydrogens is 212 g/mol. The lowest BCUT2D eigenvalue weighted by Gasteiger charge is -2.25. The van der Waals surface area contributed by atoms with Gasteiger partial charge in [-0.15, -0.1) is 0 Å². The molecule has 1 aromatic carbocycles. The molecule has 1 unspecified atom stereocenters. The Hall–Kier alpha value is -1.06. The van der Waals surface area contributed by atoms with Gasteiger partial charge >= 0.3 is 0 Å². The third-order valence-electron chi connectivity index (χ3n) is 3.70. The van der Waals surface area contributed by atoms with Gasteiger partial charge in [-0.25, -0.2) is 0 Å². The number of hydrogen-bond acceptors (Lipinski definition) is 3. The standard InChI is InChI=1S/C14H20N2O/c1-16-7-5-11-2-3-13(8-12(11)10-16)17-14-4-6-15-9-14/h2-3,8,14-15H,4-7,9-10H2,1H3. The largest absolute Gasteiger partial charge is 0.489 e. The zero-order valence-electron chi connectivity index (χ0n) is 10.4. The van der Waals surface area contributed by atoms with Crippen molar-refractivity contribution in [2.45, 2.75) is 25.5 Å². The maximum absolute atomic E-state index is 6.00. The van der Waals surface area contributed by atoms with Crippen molar-refractivity contribution in [1.82, 2.24) is 10.2 Å². The van der Waals surface area contributed by atoms with E-state index in [0.29, 0.717) is 6.10 Å². The zero-order chi connectivity index (χ0) is 11.7. The summed E-state index contributed by atoms with van der Waals surface area (Å²) in [6, 6.07) is 6.59. The van der Waals surface area contributed by atoms with E-state index in [-0.39, 0.29) is 0 Å². The molecule has 1 aromatic rings. The summed E-state index contributed by atoms with van der Waals surface area (Å²) < 4.78 is 6.00. The van der Waals surface area contributed by atoms with Gasteiger partial charge in [0.05, 0.1) is 0 Å². The van der Waals surface area contributed by atoms with Crippen LogP contribution in [0.3, 0.4) is 0 Å². The highest BCUT2D eigenvalue weighted by atomic mass is 16.5. The number of likely N-dealkylation sites (N-methyl/N-ethyl adjacent to an activating group) is 1. The number of benzene rings is 1. The number of nitrogens with one attached hydrogen (secondary N) is 1. The Kier molecular flexibility index (Phi) is 3.04. The predicted octanol–water partition coefficient (Wildman–Crippen LogP) is 1.42. The summed E-state index contributed by atoms with van der Waals surface area (Å²) in [6.07, 6.45) is 2.64. The van der Waals surface area contributed by atoms with Crippen LogP contribution < -0.4 is 10.1 Å². The quantitative estimate of drug-likeness (QED) is 0.834. The Morgan fingerprint density at radius 1 is 1.35 bits per heavy atom. The molecule has 3 nitrogen and oxygen atoms in total. The van der Waals surface area contributed by atoms with Crippen LogP contribution in [-0.2, 0) is 13.0 Å². The van der Waals surface area contributed by atoms with Crippen LogP contribution in [0.2, 0.25) is 0 Å². The third kappa shape index (κ3) is 2.45. The van der Waals surface area contributed by atoms with Gasteiger partial charge in [-0.3, -0.25) is 0 Å². The van der Waals surface area contributed by atoms with E-state index >= 15 is 0 Å². The number of nitrogens with zero attached hydrogens (tertiary/aromatic N) is 1. The second-order valence-electron chi connectivity index (χ2n) is 5.15. The van der Waals surface area contributed by atoms with Gasteiger partial charge in [0.15, 0.2) is 0 Å². The van der Waals surface area contributed by atoms with E-state index in [4.69, 9.17) is 4.74 Å². The molecule has 92 valence electrons. The molecule has 0 bridgehead atoms. The first-order chi connectivity index (χ1) is 8.31. The molecule has 1 saturated heterocycles. The van der Waals surface area contributed by atoms with Gasteiger partial charge in [0, 0.05) is 19.6 Å². The van der Waals surface area contributed by atoms with Crippen LogP contribution in [0.25, 0.3) is 0 Å². The van der Waals surface area contributed by atoms with Crippen LogP contribution in [0.5, 0.6) is 5.75 Å². The number of fused-ring (bicyclic) bond motifs is 1. The molecule has 0 saturated carbocycles. The van der Waals surface area contributed by atoms with Crippen LogP contribution in [0.15, 0.2) is 18.2 Å². The fraction of sp³-hybridized carbons (Fsp3) is 0.571. The topological polar surface area (TPSA) is 24.5 Å². The van der Waals surface area contributed by atoms with E-state index in [1.807, 2.05) is 0 Å². The molecular formula is C14H20N2O. The van der Waals surface area contributed by atoms with Crippen molar-refractivity contribution in [2.24, 2.45) is 0 Å². The van der Waals surface area contributed by atoms with Gasteiger partial charge < -0.3 is 15.0 Å². The molecule has 2 aliphatic heterocycles. The molecule has 1 fully saturated rings. The summed E-state index contributed by atoms with van der Waals surface area (Å²) >= 11 is 0. The highest BCUT2D eigenvalue weighted by Gasteiger charge is 2.18. The Morgan fingerprint density at radius 3 is 3.12 bits per heavy atom. The van der Waals surface area contributed by atoms with E-state index in [0.717, 1.165) is 38.2 Å². The molecule has 3 heteroatoms. The minimum absolute atomic E-state index is 0.356. The van der Waals surface area contributed by atoms with Crippen molar-refractivity contribution in [3.05, 3.63) is 29.3 Å². The van der Waals surface area contributed by atoms with Crippen molar-refractivity contribution in [1.29, 1.82) is 0 Å². The molecule has 0 spiro atoms. The van der Waals surface area contributed by atoms with Crippen LogP contribution in [0, 0.1) is 0 Å². The maximum atomic E-state index is 6.00. The smallest absolute Gasteiger partial charge is 0.120 e. The average Bonchev–Trinajstić information content (AvgIpc) is 2.81. The lowest BCUT2D eigenvalue weighted by molar-refractivity contribution is 0.222. The highest BCUT2D eigenvalue weighted by Crippen LogP contribution is 2.24.